The summed E-state index contributed by atoms with van der Waals surface area (Å²) in [6.07, 6.45) is 8.12. The van der Waals surface area contributed by atoms with Crippen molar-refractivity contribution in [1.29, 1.82) is 0 Å². The van der Waals surface area contributed by atoms with Crippen molar-refractivity contribution in [3.63, 3.8) is 0 Å². The smallest absolute Gasteiger partial charge is 0.280 e. The number of nitrogens with one attached hydrogen (secondary N) is 2. The average molecular weight is 560 g/mol. The van der Waals surface area contributed by atoms with Gasteiger partial charge in [0, 0.05) is 17.9 Å². The van der Waals surface area contributed by atoms with Crippen LogP contribution >= 0.6 is 11.3 Å². The molecule has 0 spiro atoms. The van der Waals surface area contributed by atoms with Gasteiger partial charge in [-0.25, -0.2) is 18.4 Å². The molecule has 0 saturated heterocycles. The Morgan fingerprint density at radius 1 is 1.24 bits per heavy atom. The summed E-state index contributed by atoms with van der Waals surface area (Å²) in [7, 11) is 0.509. The summed E-state index contributed by atoms with van der Waals surface area (Å²) in [5.74, 6) is 0.0409. The Hall–Kier alpha value is -3.16. The number of ether oxygens (including phenoxy) is 1. The predicted molar refractivity (Wildman–Crippen MR) is 147 cm³/mol. The first-order valence-corrected chi connectivity index (χ1v) is 14.7. The van der Waals surface area contributed by atoms with Gasteiger partial charge in [0.2, 0.25) is 15.9 Å². The third-order valence-electron chi connectivity index (χ3n) is 6.44. The van der Waals surface area contributed by atoms with E-state index in [0.717, 1.165) is 0 Å². The minimum Gasteiger partial charge on any atom is -0.477 e. The first kappa shape index (κ1) is 27.9. The molecular formula is C25H33N7O4S2. The molecule has 0 bridgehead atoms. The van der Waals surface area contributed by atoms with E-state index in [0.29, 0.717) is 53.7 Å². The topological polar surface area (TPSA) is 139 Å². The second kappa shape index (κ2) is 11.3. The third kappa shape index (κ3) is 6.83. The quantitative estimate of drug-likeness (QED) is 0.341. The summed E-state index contributed by atoms with van der Waals surface area (Å²) in [5.41, 5.74) is 1.24. The summed E-state index contributed by atoms with van der Waals surface area (Å²) in [6.45, 7) is 6.47. The molecule has 3 aromatic rings. The highest BCUT2D eigenvalue weighted by atomic mass is 32.2. The molecule has 4 rings (SSSR count). The second-order valence-electron chi connectivity index (χ2n) is 9.96. The molecule has 1 fully saturated rings. The molecule has 2 N–H and O–H groups in total. The fourth-order valence-electron chi connectivity index (χ4n) is 3.64. The van der Waals surface area contributed by atoms with Crippen molar-refractivity contribution in [3.05, 3.63) is 47.6 Å². The van der Waals surface area contributed by atoms with Crippen LogP contribution in [0.3, 0.4) is 0 Å². The SMILES string of the molecule is CCOc1cncc(-c2cnc(C(=O)NC(CC(C)(C)N(C)C)c3cc(NS(=O)(=O)C4CC4)ccn3)s2)n1. The van der Waals surface area contributed by atoms with Crippen LogP contribution in [0, 0.1) is 0 Å². The number of sulfonamides is 1. The number of rotatable bonds is 12. The number of carbonyl (C=O) groups excluding carboxylic acids is 1. The largest absolute Gasteiger partial charge is 0.477 e. The van der Waals surface area contributed by atoms with Crippen molar-refractivity contribution < 1.29 is 17.9 Å². The number of hydrogen-bond donors (Lipinski definition) is 2. The zero-order chi connectivity index (χ0) is 27.5. The normalized spacial score (nSPS) is 14.8. The first-order chi connectivity index (χ1) is 18.0. The van der Waals surface area contributed by atoms with Gasteiger partial charge < -0.3 is 15.0 Å². The van der Waals surface area contributed by atoms with E-state index < -0.39 is 16.1 Å². The van der Waals surface area contributed by atoms with Gasteiger partial charge in [-0.2, -0.15) is 0 Å². The van der Waals surface area contributed by atoms with E-state index in [2.05, 4.69) is 48.7 Å². The van der Waals surface area contributed by atoms with E-state index in [1.807, 2.05) is 21.0 Å². The Morgan fingerprint density at radius 2 is 2.00 bits per heavy atom. The first-order valence-electron chi connectivity index (χ1n) is 12.4. The fourth-order valence-corrected chi connectivity index (χ4v) is 5.79. The van der Waals surface area contributed by atoms with Crippen molar-refractivity contribution in [2.75, 3.05) is 25.4 Å². The van der Waals surface area contributed by atoms with Crippen molar-refractivity contribution in [2.45, 2.75) is 56.9 Å². The molecular weight excluding hydrogens is 526 g/mol. The lowest BCUT2D eigenvalue weighted by atomic mass is 9.92. The monoisotopic (exact) mass is 559 g/mol. The third-order valence-corrected chi connectivity index (χ3v) is 9.33. The van der Waals surface area contributed by atoms with Gasteiger partial charge in [-0.15, -0.1) is 11.3 Å². The van der Waals surface area contributed by atoms with Gasteiger partial charge in [0.05, 0.1) is 46.6 Å². The van der Waals surface area contributed by atoms with Gasteiger partial charge in [-0.1, -0.05) is 0 Å². The highest BCUT2D eigenvalue weighted by molar-refractivity contribution is 7.93. The van der Waals surface area contributed by atoms with Gasteiger partial charge in [-0.3, -0.25) is 19.5 Å². The number of aromatic nitrogens is 4. The summed E-state index contributed by atoms with van der Waals surface area (Å²) >= 11 is 1.20. The van der Waals surface area contributed by atoms with Crippen LogP contribution in [0.5, 0.6) is 5.88 Å². The van der Waals surface area contributed by atoms with E-state index in [1.54, 1.807) is 30.7 Å². The van der Waals surface area contributed by atoms with Crippen molar-refractivity contribution in [2.24, 2.45) is 0 Å². The second-order valence-corrected chi connectivity index (χ2v) is 12.9. The maximum Gasteiger partial charge on any atom is 0.280 e. The van der Waals surface area contributed by atoms with Crippen molar-refractivity contribution in [3.8, 4) is 16.5 Å². The van der Waals surface area contributed by atoms with Gasteiger partial charge in [0.25, 0.3) is 5.91 Å². The summed E-state index contributed by atoms with van der Waals surface area (Å²) in [6, 6.07) is 2.79. The Morgan fingerprint density at radius 3 is 2.68 bits per heavy atom. The van der Waals surface area contributed by atoms with Crippen molar-refractivity contribution in [1.82, 2.24) is 30.2 Å². The van der Waals surface area contributed by atoms with Crippen LogP contribution in [-0.2, 0) is 10.0 Å². The Kier molecular flexibility index (Phi) is 8.28. The Bertz CT molecular complexity index is 1390. The van der Waals surface area contributed by atoms with E-state index in [9.17, 15) is 13.2 Å². The molecule has 1 saturated carbocycles. The maximum absolute atomic E-state index is 13.3. The molecule has 38 heavy (non-hydrogen) atoms. The lowest BCUT2D eigenvalue weighted by molar-refractivity contribution is 0.0909. The minimum absolute atomic E-state index is 0.266. The van der Waals surface area contributed by atoms with Crippen molar-refractivity contribution >= 4 is 33.0 Å². The van der Waals surface area contributed by atoms with Gasteiger partial charge in [-0.05, 0) is 66.3 Å². The average Bonchev–Trinajstić information content (AvgIpc) is 3.62. The van der Waals surface area contributed by atoms with E-state index >= 15 is 0 Å². The standard InChI is InChI=1S/C25H33N7O4S2/c1-6-36-22-15-26-13-20(29-22)21-14-28-24(37-21)23(33)30-19(12-25(2,3)32(4)5)18-11-16(9-10-27-18)31-38(34,35)17-7-8-17/h9-11,13-15,17,19H,6-8,12H2,1-5H3,(H,27,31)(H,30,33). The van der Waals surface area contributed by atoms with Crippen LogP contribution in [0.1, 0.15) is 61.6 Å². The number of thiazole rings is 1. The van der Waals surface area contributed by atoms with Crippen LogP contribution in [-0.4, -0.2) is 70.7 Å². The molecule has 1 atom stereocenters. The number of amides is 1. The number of hydrogen-bond acceptors (Lipinski definition) is 10. The molecule has 204 valence electrons. The molecule has 1 unspecified atom stereocenters. The van der Waals surface area contributed by atoms with Gasteiger partial charge in [0.1, 0.15) is 5.69 Å². The zero-order valence-corrected chi connectivity index (χ0v) is 23.8. The molecule has 0 radical (unpaired) electrons. The van der Waals surface area contributed by atoms with Crippen LogP contribution in [0.15, 0.2) is 36.9 Å². The number of anilines is 1. The molecule has 3 aromatic heterocycles. The van der Waals surface area contributed by atoms with Crippen LogP contribution < -0.4 is 14.8 Å². The van der Waals surface area contributed by atoms with Crippen LogP contribution in [0.25, 0.3) is 10.6 Å². The number of pyridine rings is 1. The predicted octanol–water partition coefficient (Wildman–Crippen LogP) is 3.50. The zero-order valence-electron chi connectivity index (χ0n) is 22.1. The minimum atomic E-state index is -3.43. The van der Waals surface area contributed by atoms with Crippen LogP contribution in [0.2, 0.25) is 0 Å². The van der Waals surface area contributed by atoms with Gasteiger partial charge in [0.15, 0.2) is 5.01 Å². The van der Waals surface area contributed by atoms with Gasteiger partial charge >= 0.3 is 0 Å². The molecule has 3 heterocycles. The van der Waals surface area contributed by atoms with E-state index in [-0.39, 0.29) is 21.7 Å². The van der Waals surface area contributed by atoms with E-state index in [1.165, 1.54) is 17.5 Å². The summed E-state index contributed by atoms with van der Waals surface area (Å²) < 4.78 is 33.0. The number of carbonyl (C=O) groups is 1. The maximum atomic E-state index is 13.3. The molecule has 1 aliphatic carbocycles. The van der Waals surface area contributed by atoms with Crippen LogP contribution in [0.4, 0.5) is 5.69 Å². The Labute approximate surface area is 227 Å². The Balaban J connectivity index is 1.57. The summed E-state index contributed by atoms with van der Waals surface area (Å²) in [4.78, 5) is 33.5. The fraction of sp³-hybridized carbons (Fsp3) is 0.480. The molecule has 11 nitrogen and oxygen atoms in total. The lowest BCUT2D eigenvalue weighted by Gasteiger charge is -2.36. The summed E-state index contributed by atoms with van der Waals surface area (Å²) in [5, 5.41) is 2.98. The highest BCUT2D eigenvalue weighted by Gasteiger charge is 2.36. The molecule has 13 heteroatoms. The lowest BCUT2D eigenvalue weighted by Crippen LogP contribution is -2.43. The highest BCUT2D eigenvalue weighted by Crippen LogP contribution is 2.32. The molecule has 0 aliphatic heterocycles. The van der Waals surface area contributed by atoms with E-state index in [4.69, 9.17) is 4.74 Å². The number of nitrogens with zero attached hydrogens (tertiary/aromatic N) is 5. The molecule has 1 amide bonds. The molecule has 1 aliphatic rings. The molecule has 0 aromatic carbocycles.